The molecule has 8 heteroatoms. The standard InChI is InChI=1S/C25H34F3NO3.CH4O/c1-29-24(32)10-5-3-2-4-8-19-12-16-23(31)22(19)15-14-21(30)13-11-18-7-6-9-20(17-18)25(26,27)28;1-2/h2,4,6-7,9,14-15,17,19,21-23,30-31H,3,5,8,10-13,16H2,1H3,(H,29,32);2H,1H3/b4-2+,15-14+;/t19-,21-,22+,23+;/m0./s1. The highest BCUT2D eigenvalue weighted by atomic mass is 19.4. The normalized spacial score (nSPS) is 21.5. The van der Waals surface area contributed by atoms with E-state index in [1.54, 1.807) is 19.2 Å². The van der Waals surface area contributed by atoms with E-state index in [0.717, 1.165) is 44.9 Å². The van der Waals surface area contributed by atoms with Crippen LogP contribution in [0, 0.1) is 11.8 Å². The second kappa shape index (κ2) is 15.7. The van der Waals surface area contributed by atoms with E-state index in [1.165, 1.54) is 6.07 Å². The summed E-state index contributed by atoms with van der Waals surface area (Å²) in [6.07, 6.45) is 7.31. The molecule has 2 rings (SSSR count). The number of nitrogens with one attached hydrogen (secondary N) is 1. The van der Waals surface area contributed by atoms with Gasteiger partial charge >= 0.3 is 6.18 Å². The van der Waals surface area contributed by atoms with Gasteiger partial charge in [0.05, 0.1) is 17.8 Å². The van der Waals surface area contributed by atoms with E-state index in [2.05, 4.69) is 17.5 Å². The summed E-state index contributed by atoms with van der Waals surface area (Å²) in [5, 5.41) is 30.2. The zero-order valence-electron chi connectivity index (χ0n) is 20.0. The predicted octanol–water partition coefficient (Wildman–Crippen LogP) is 4.41. The Labute approximate surface area is 200 Å². The Morgan fingerprint density at radius 2 is 1.97 bits per heavy atom. The molecule has 1 aromatic rings. The van der Waals surface area contributed by atoms with Crippen LogP contribution in [-0.2, 0) is 17.4 Å². The third-order valence-corrected chi connectivity index (χ3v) is 6.02. The number of aliphatic hydroxyl groups excluding tert-OH is 3. The molecule has 0 aromatic heterocycles. The first-order valence-corrected chi connectivity index (χ1v) is 11.7. The number of benzene rings is 1. The minimum absolute atomic E-state index is 0.0362. The van der Waals surface area contributed by atoms with Crippen molar-refractivity contribution in [1.82, 2.24) is 5.32 Å². The number of hydrogen-bond donors (Lipinski definition) is 4. The van der Waals surface area contributed by atoms with Crippen LogP contribution in [0.1, 0.15) is 56.1 Å². The number of carbonyl (C=O) groups is 1. The largest absolute Gasteiger partial charge is 0.416 e. The van der Waals surface area contributed by atoms with Crippen LogP contribution in [0.4, 0.5) is 13.2 Å². The molecule has 1 saturated carbocycles. The highest BCUT2D eigenvalue weighted by molar-refractivity contribution is 5.75. The summed E-state index contributed by atoms with van der Waals surface area (Å²) in [7, 11) is 2.62. The molecule has 1 amide bonds. The van der Waals surface area contributed by atoms with Crippen molar-refractivity contribution in [3.8, 4) is 0 Å². The van der Waals surface area contributed by atoms with Crippen molar-refractivity contribution in [1.29, 1.82) is 0 Å². The number of carbonyl (C=O) groups excluding carboxylic acids is 1. The fourth-order valence-corrected chi connectivity index (χ4v) is 4.11. The van der Waals surface area contributed by atoms with Gasteiger partial charge in [0.15, 0.2) is 0 Å². The second-order valence-electron chi connectivity index (χ2n) is 8.44. The molecule has 0 saturated heterocycles. The van der Waals surface area contributed by atoms with E-state index < -0.39 is 23.9 Å². The first kappa shape index (κ1) is 29.9. The summed E-state index contributed by atoms with van der Waals surface area (Å²) >= 11 is 0. The molecule has 34 heavy (non-hydrogen) atoms. The Morgan fingerprint density at radius 3 is 2.65 bits per heavy atom. The van der Waals surface area contributed by atoms with E-state index in [1.807, 2.05) is 6.08 Å². The van der Waals surface area contributed by atoms with Crippen LogP contribution in [-0.4, -0.2) is 47.6 Å². The lowest BCUT2D eigenvalue weighted by Crippen LogP contribution is -2.17. The molecule has 4 atom stereocenters. The molecule has 1 aliphatic carbocycles. The Morgan fingerprint density at radius 1 is 1.24 bits per heavy atom. The summed E-state index contributed by atoms with van der Waals surface area (Å²) in [5.41, 5.74) is -0.147. The number of aryl methyl sites for hydroxylation is 1. The van der Waals surface area contributed by atoms with Crippen molar-refractivity contribution in [2.45, 2.75) is 69.8 Å². The summed E-state index contributed by atoms with van der Waals surface area (Å²) < 4.78 is 38.5. The third kappa shape index (κ3) is 10.8. The Hall–Kier alpha value is -2.16. The average Bonchev–Trinajstić information content (AvgIpc) is 3.18. The lowest BCUT2D eigenvalue weighted by molar-refractivity contribution is -0.137. The van der Waals surface area contributed by atoms with E-state index >= 15 is 0 Å². The fourth-order valence-electron chi connectivity index (χ4n) is 4.11. The highest BCUT2D eigenvalue weighted by Crippen LogP contribution is 2.36. The molecule has 4 N–H and O–H groups in total. The summed E-state index contributed by atoms with van der Waals surface area (Å²) in [4.78, 5) is 11.2. The lowest BCUT2D eigenvalue weighted by atomic mass is 9.90. The van der Waals surface area contributed by atoms with Gasteiger partial charge in [-0.3, -0.25) is 4.79 Å². The third-order valence-electron chi connectivity index (χ3n) is 6.02. The monoisotopic (exact) mass is 485 g/mol. The number of halogens is 3. The number of aliphatic hydroxyl groups is 3. The minimum Gasteiger partial charge on any atom is -0.400 e. The molecule has 0 radical (unpaired) electrons. The molecular formula is C26H38F3NO4. The molecule has 5 nitrogen and oxygen atoms in total. The number of hydrogen-bond acceptors (Lipinski definition) is 4. The molecular weight excluding hydrogens is 447 g/mol. The zero-order valence-corrected chi connectivity index (χ0v) is 20.0. The van der Waals surface area contributed by atoms with Gasteiger partial charge in [-0.05, 0) is 62.5 Å². The van der Waals surface area contributed by atoms with Crippen LogP contribution in [0.15, 0.2) is 48.6 Å². The number of allylic oxidation sites excluding steroid dienone is 2. The number of amides is 1. The van der Waals surface area contributed by atoms with Crippen molar-refractivity contribution in [2.75, 3.05) is 14.2 Å². The Balaban J connectivity index is 0.00000281. The zero-order chi connectivity index (χ0) is 25.6. The molecule has 0 heterocycles. The van der Waals surface area contributed by atoms with Gasteiger partial charge in [-0.15, -0.1) is 0 Å². The smallest absolute Gasteiger partial charge is 0.400 e. The van der Waals surface area contributed by atoms with Crippen molar-refractivity contribution < 1.29 is 33.3 Å². The molecule has 1 fully saturated rings. The van der Waals surface area contributed by atoms with Crippen LogP contribution < -0.4 is 5.32 Å². The first-order chi connectivity index (χ1) is 16.2. The van der Waals surface area contributed by atoms with Gasteiger partial charge in [0, 0.05) is 26.5 Å². The molecule has 1 aromatic carbocycles. The van der Waals surface area contributed by atoms with Crippen molar-refractivity contribution >= 4 is 5.91 Å². The summed E-state index contributed by atoms with van der Waals surface area (Å²) in [5.74, 6) is 0.273. The van der Waals surface area contributed by atoms with Crippen LogP contribution >= 0.6 is 0 Å². The number of unbranched alkanes of at least 4 members (excludes halogenated alkanes) is 1. The van der Waals surface area contributed by atoms with Crippen molar-refractivity contribution in [2.24, 2.45) is 11.8 Å². The highest BCUT2D eigenvalue weighted by Gasteiger charge is 2.32. The van der Waals surface area contributed by atoms with Gasteiger partial charge in [0.1, 0.15) is 0 Å². The molecule has 192 valence electrons. The van der Waals surface area contributed by atoms with Crippen LogP contribution in [0.3, 0.4) is 0 Å². The number of rotatable bonds is 11. The fraction of sp³-hybridized carbons (Fsp3) is 0.577. The van der Waals surface area contributed by atoms with Crippen molar-refractivity contribution in [3.05, 3.63) is 59.7 Å². The maximum absolute atomic E-state index is 12.8. The number of alkyl halides is 3. The topological polar surface area (TPSA) is 89.8 Å². The first-order valence-electron chi connectivity index (χ1n) is 11.7. The van der Waals surface area contributed by atoms with Gasteiger partial charge in [0.2, 0.25) is 5.91 Å². The van der Waals surface area contributed by atoms with Crippen LogP contribution in [0.25, 0.3) is 0 Å². The molecule has 0 bridgehead atoms. The molecule has 0 aliphatic heterocycles. The van der Waals surface area contributed by atoms with Gasteiger partial charge in [-0.1, -0.05) is 42.5 Å². The van der Waals surface area contributed by atoms with Gasteiger partial charge in [-0.25, -0.2) is 0 Å². The minimum atomic E-state index is -4.37. The van der Waals surface area contributed by atoms with E-state index in [4.69, 9.17) is 5.11 Å². The second-order valence-corrected chi connectivity index (χ2v) is 8.44. The lowest BCUT2D eigenvalue weighted by Gasteiger charge is -2.18. The van der Waals surface area contributed by atoms with Gasteiger partial charge < -0.3 is 20.6 Å². The molecule has 0 unspecified atom stereocenters. The molecule has 1 aliphatic rings. The predicted molar refractivity (Wildman–Crippen MR) is 127 cm³/mol. The summed E-state index contributed by atoms with van der Waals surface area (Å²) in [6, 6.07) is 5.17. The van der Waals surface area contributed by atoms with E-state index in [9.17, 15) is 28.2 Å². The van der Waals surface area contributed by atoms with Gasteiger partial charge in [0.25, 0.3) is 0 Å². The van der Waals surface area contributed by atoms with Crippen LogP contribution in [0.2, 0.25) is 0 Å². The summed E-state index contributed by atoms with van der Waals surface area (Å²) in [6.45, 7) is 0. The maximum Gasteiger partial charge on any atom is 0.416 e. The van der Waals surface area contributed by atoms with Gasteiger partial charge in [-0.2, -0.15) is 13.2 Å². The average molecular weight is 486 g/mol. The quantitative estimate of drug-likeness (QED) is 0.276. The van der Waals surface area contributed by atoms with E-state index in [-0.39, 0.29) is 17.7 Å². The SMILES string of the molecule is CNC(=O)CCC/C=C/C[C@H]1CC[C@@H](O)[C@@H]1/C=C/[C@@H](O)CCc1cccc(C(F)(F)F)c1.CO. The maximum atomic E-state index is 12.8. The van der Waals surface area contributed by atoms with Crippen LogP contribution in [0.5, 0.6) is 0 Å². The Kier molecular flexibility index (Phi) is 13.8. The van der Waals surface area contributed by atoms with Crippen molar-refractivity contribution in [3.63, 3.8) is 0 Å². The molecule has 0 spiro atoms. The Bertz CT molecular complexity index is 780. The van der Waals surface area contributed by atoms with E-state index in [0.29, 0.717) is 31.2 Å².